The quantitative estimate of drug-likeness (QED) is 0.742. The molecule has 0 bridgehead atoms. The van der Waals surface area contributed by atoms with E-state index in [1.54, 1.807) is 0 Å². The topological polar surface area (TPSA) is 27.1 Å². The van der Waals surface area contributed by atoms with Gasteiger partial charge in [0.1, 0.15) is 17.1 Å². The average Bonchev–Trinajstić information content (AvgIpc) is 2.76. The van der Waals surface area contributed by atoms with Crippen molar-refractivity contribution in [3.05, 3.63) is 24.0 Å². The molecule has 0 spiro atoms. The Bertz CT molecular complexity index is 589. The van der Waals surface area contributed by atoms with E-state index in [0.29, 0.717) is 17.8 Å². The third-order valence-corrected chi connectivity index (χ3v) is 3.85. The normalized spacial score (nSPS) is 13.4. The average molecular weight is 295 g/mol. The summed E-state index contributed by atoms with van der Waals surface area (Å²) in [5, 5.41) is 0. The number of rotatable bonds is 5. The number of alkyl halides is 1. The summed E-state index contributed by atoms with van der Waals surface area (Å²) in [5.41, 5.74) is 2.00. The maximum atomic E-state index is 6.09. The summed E-state index contributed by atoms with van der Waals surface area (Å²) in [7, 11) is 0. The van der Waals surface area contributed by atoms with Crippen molar-refractivity contribution < 1.29 is 4.74 Å². The molecule has 1 heterocycles. The number of halogens is 1. The first-order chi connectivity index (χ1) is 9.45. The number of nitrogens with zero attached hydrogens (tertiary/aromatic N) is 2. The molecular formula is C16H23ClN2O. The standard InChI is InChI=1S/C16H23ClN2O/c1-10(2)12(5)19-13-7-6-8-14(20-11(3)4)16(13)18-15(19)9-17/h6-8,10-12H,9H2,1-5H3. The fourth-order valence-corrected chi connectivity index (χ4v) is 2.52. The van der Waals surface area contributed by atoms with Crippen LogP contribution >= 0.6 is 11.6 Å². The second-order valence-electron chi connectivity index (χ2n) is 5.81. The molecule has 2 rings (SSSR count). The van der Waals surface area contributed by atoms with Crippen LogP contribution in [0.4, 0.5) is 0 Å². The minimum Gasteiger partial charge on any atom is -0.489 e. The number of imidazole rings is 1. The lowest BCUT2D eigenvalue weighted by Gasteiger charge is -2.20. The van der Waals surface area contributed by atoms with Crippen LogP contribution in [-0.4, -0.2) is 15.7 Å². The molecule has 0 aliphatic heterocycles. The number of para-hydroxylation sites is 1. The van der Waals surface area contributed by atoms with E-state index in [4.69, 9.17) is 21.3 Å². The molecular weight excluding hydrogens is 272 g/mol. The van der Waals surface area contributed by atoms with Gasteiger partial charge in [-0.3, -0.25) is 0 Å². The second kappa shape index (κ2) is 6.04. The number of ether oxygens (including phenoxy) is 1. The highest BCUT2D eigenvalue weighted by Gasteiger charge is 2.19. The van der Waals surface area contributed by atoms with Crippen molar-refractivity contribution in [1.82, 2.24) is 9.55 Å². The summed E-state index contributed by atoms with van der Waals surface area (Å²) in [5.74, 6) is 2.66. The van der Waals surface area contributed by atoms with Gasteiger partial charge in [0.25, 0.3) is 0 Å². The zero-order chi connectivity index (χ0) is 14.9. The molecule has 0 saturated heterocycles. The maximum Gasteiger partial charge on any atom is 0.147 e. The summed E-state index contributed by atoms with van der Waals surface area (Å²) >= 11 is 6.09. The van der Waals surface area contributed by atoms with Crippen LogP contribution in [0.2, 0.25) is 0 Å². The molecule has 1 aromatic carbocycles. The van der Waals surface area contributed by atoms with Crippen molar-refractivity contribution in [3.8, 4) is 5.75 Å². The second-order valence-corrected chi connectivity index (χ2v) is 6.07. The predicted octanol–water partition coefficient (Wildman–Crippen LogP) is 4.78. The fourth-order valence-electron chi connectivity index (χ4n) is 2.34. The molecule has 0 aliphatic rings. The van der Waals surface area contributed by atoms with E-state index in [9.17, 15) is 0 Å². The molecule has 1 aromatic heterocycles. The van der Waals surface area contributed by atoms with E-state index in [-0.39, 0.29) is 6.10 Å². The molecule has 0 aliphatic carbocycles. The maximum absolute atomic E-state index is 6.09. The third kappa shape index (κ3) is 2.78. The van der Waals surface area contributed by atoms with Crippen LogP contribution in [0.15, 0.2) is 18.2 Å². The summed E-state index contributed by atoms with van der Waals surface area (Å²) in [6.07, 6.45) is 0.132. The third-order valence-electron chi connectivity index (χ3n) is 3.61. The Morgan fingerprint density at radius 3 is 2.45 bits per heavy atom. The zero-order valence-electron chi connectivity index (χ0n) is 12.9. The van der Waals surface area contributed by atoms with E-state index in [2.05, 4.69) is 31.4 Å². The number of hydrogen-bond donors (Lipinski definition) is 0. The van der Waals surface area contributed by atoms with Gasteiger partial charge in [0, 0.05) is 6.04 Å². The molecule has 0 saturated carbocycles. The summed E-state index contributed by atoms with van der Waals surface area (Å²) < 4.78 is 8.10. The van der Waals surface area contributed by atoms with E-state index in [0.717, 1.165) is 22.6 Å². The summed E-state index contributed by atoms with van der Waals surface area (Å²) in [4.78, 5) is 4.69. The molecule has 4 heteroatoms. The Morgan fingerprint density at radius 1 is 1.20 bits per heavy atom. The first kappa shape index (κ1) is 15.2. The number of aromatic nitrogens is 2. The Kier molecular flexibility index (Phi) is 4.59. The van der Waals surface area contributed by atoms with Gasteiger partial charge < -0.3 is 9.30 Å². The highest BCUT2D eigenvalue weighted by atomic mass is 35.5. The van der Waals surface area contributed by atoms with Crippen molar-refractivity contribution in [2.24, 2.45) is 5.92 Å². The number of hydrogen-bond acceptors (Lipinski definition) is 2. The number of fused-ring (bicyclic) bond motifs is 1. The predicted molar refractivity (Wildman–Crippen MR) is 84.6 cm³/mol. The number of benzene rings is 1. The Labute approximate surface area is 125 Å². The van der Waals surface area contributed by atoms with Crippen LogP contribution in [0.5, 0.6) is 5.75 Å². The van der Waals surface area contributed by atoms with Crippen LogP contribution in [0.1, 0.15) is 46.5 Å². The van der Waals surface area contributed by atoms with Crippen molar-refractivity contribution in [2.45, 2.75) is 52.6 Å². The minimum absolute atomic E-state index is 0.132. The minimum atomic E-state index is 0.132. The lowest BCUT2D eigenvalue weighted by molar-refractivity contribution is 0.245. The van der Waals surface area contributed by atoms with Crippen LogP contribution in [0.25, 0.3) is 11.0 Å². The van der Waals surface area contributed by atoms with Gasteiger partial charge in [-0.25, -0.2) is 4.98 Å². The Balaban J connectivity index is 2.63. The molecule has 1 unspecified atom stereocenters. The molecule has 0 radical (unpaired) electrons. The molecule has 20 heavy (non-hydrogen) atoms. The first-order valence-corrected chi connectivity index (χ1v) is 7.71. The van der Waals surface area contributed by atoms with Gasteiger partial charge >= 0.3 is 0 Å². The van der Waals surface area contributed by atoms with Gasteiger partial charge in [-0.2, -0.15) is 0 Å². The summed E-state index contributed by atoms with van der Waals surface area (Å²) in [6.45, 7) is 10.7. The molecule has 0 amide bonds. The van der Waals surface area contributed by atoms with Gasteiger partial charge in [-0.05, 0) is 38.8 Å². The van der Waals surface area contributed by atoms with Gasteiger partial charge in [0.2, 0.25) is 0 Å². The van der Waals surface area contributed by atoms with E-state index < -0.39 is 0 Å². The van der Waals surface area contributed by atoms with E-state index in [1.165, 1.54) is 0 Å². The molecule has 0 fully saturated rings. The molecule has 0 N–H and O–H groups in total. The lowest BCUT2D eigenvalue weighted by Crippen LogP contribution is -2.13. The van der Waals surface area contributed by atoms with Crippen molar-refractivity contribution in [2.75, 3.05) is 0 Å². The lowest BCUT2D eigenvalue weighted by atomic mass is 10.1. The highest BCUT2D eigenvalue weighted by Crippen LogP contribution is 2.31. The highest BCUT2D eigenvalue weighted by molar-refractivity contribution is 6.16. The van der Waals surface area contributed by atoms with E-state index >= 15 is 0 Å². The van der Waals surface area contributed by atoms with Crippen LogP contribution in [0.3, 0.4) is 0 Å². The van der Waals surface area contributed by atoms with Crippen molar-refractivity contribution in [3.63, 3.8) is 0 Å². The van der Waals surface area contributed by atoms with Gasteiger partial charge in [0.05, 0.1) is 17.5 Å². The van der Waals surface area contributed by atoms with Crippen molar-refractivity contribution >= 4 is 22.6 Å². The van der Waals surface area contributed by atoms with Crippen LogP contribution < -0.4 is 4.74 Å². The Morgan fingerprint density at radius 2 is 1.90 bits per heavy atom. The summed E-state index contributed by atoms with van der Waals surface area (Å²) in [6, 6.07) is 6.42. The molecule has 1 atom stereocenters. The fraction of sp³-hybridized carbons (Fsp3) is 0.562. The van der Waals surface area contributed by atoms with Crippen LogP contribution in [0, 0.1) is 5.92 Å². The monoisotopic (exact) mass is 294 g/mol. The van der Waals surface area contributed by atoms with Crippen LogP contribution in [-0.2, 0) is 5.88 Å². The smallest absolute Gasteiger partial charge is 0.147 e. The van der Waals surface area contributed by atoms with Gasteiger partial charge in [0.15, 0.2) is 0 Å². The molecule has 110 valence electrons. The van der Waals surface area contributed by atoms with Gasteiger partial charge in [-0.15, -0.1) is 11.6 Å². The van der Waals surface area contributed by atoms with Gasteiger partial charge in [-0.1, -0.05) is 19.9 Å². The zero-order valence-corrected chi connectivity index (χ0v) is 13.6. The molecule has 2 aromatic rings. The Hall–Kier alpha value is -1.22. The largest absolute Gasteiger partial charge is 0.489 e. The van der Waals surface area contributed by atoms with Crippen molar-refractivity contribution in [1.29, 1.82) is 0 Å². The first-order valence-electron chi connectivity index (χ1n) is 7.18. The van der Waals surface area contributed by atoms with E-state index in [1.807, 2.05) is 26.0 Å². The molecule has 3 nitrogen and oxygen atoms in total. The SMILES string of the molecule is CC(C)Oc1cccc2c1nc(CCl)n2C(C)C(C)C.